The molecule has 0 spiro atoms. The fourth-order valence-corrected chi connectivity index (χ4v) is 2.80. The van der Waals surface area contributed by atoms with Crippen LogP contribution in [0.4, 0.5) is 0 Å². The Morgan fingerprint density at radius 1 is 1.40 bits per heavy atom. The molecule has 1 unspecified atom stereocenters. The van der Waals surface area contributed by atoms with Crippen LogP contribution in [0.3, 0.4) is 0 Å². The molecule has 1 aromatic heterocycles. The molecule has 0 radical (unpaired) electrons. The second-order valence-corrected chi connectivity index (χ2v) is 5.00. The van der Waals surface area contributed by atoms with E-state index in [1.54, 1.807) is 0 Å². The van der Waals surface area contributed by atoms with Gasteiger partial charge in [-0.25, -0.2) is 0 Å². The molecule has 1 heterocycles. The first-order valence-corrected chi connectivity index (χ1v) is 5.91. The third kappa shape index (κ3) is 1.37. The lowest BCUT2D eigenvalue weighted by Crippen LogP contribution is -2.09. The number of halogens is 1. The van der Waals surface area contributed by atoms with Gasteiger partial charge in [0, 0.05) is 11.1 Å². The molecule has 0 saturated heterocycles. The van der Waals surface area contributed by atoms with E-state index in [9.17, 15) is 0 Å². The van der Waals surface area contributed by atoms with Gasteiger partial charge in [0.2, 0.25) is 0 Å². The minimum Gasteiger partial charge on any atom is -0.357 e. The van der Waals surface area contributed by atoms with Gasteiger partial charge >= 0.3 is 0 Å². The zero-order valence-corrected chi connectivity index (χ0v) is 9.56. The summed E-state index contributed by atoms with van der Waals surface area (Å²) in [4.78, 5) is 3.47. The highest BCUT2D eigenvalue weighted by Gasteiger charge is 2.20. The van der Waals surface area contributed by atoms with Crippen LogP contribution in [0.15, 0.2) is 18.2 Å². The van der Waals surface area contributed by atoms with Crippen molar-refractivity contribution in [2.24, 2.45) is 5.92 Å². The monoisotopic (exact) mass is 219 g/mol. The van der Waals surface area contributed by atoms with Crippen molar-refractivity contribution in [3.8, 4) is 0 Å². The van der Waals surface area contributed by atoms with Gasteiger partial charge in [0.15, 0.2) is 0 Å². The summed E-state index contributed by atoms with van der Waals surface area (Å²) in [6.45, 7) is 2.33. The zero-order valence-electron chi connectivity index (χ0n) is 8.81. The summed E-state index contributed by atoms with van der Waals surface area (Å²) in [7, 11) is 0. The van der Waals surface area contributed by atoms with E-state index in [0.717, 1.165) is 16.5 Å². The van der Waals surface area contributed by atoms with Gasteiger partial charge in [-0.1, -0.05) is 30.7 Å². The number of H-pyrrole nitrogens is 1. The van der Waals surface area contributed by atoms with Crippen molar-refractivity contribution in [1.82, 2.24) is 4.98 Å². The first-order valence-electron chi connectivity index (χ1n) is 5.53. The fraction of sp³-hybridized carbons (Fsp3) is 0.385. The van der Waals surface area contributed by atoms with Crippen LogP contribution in [-0.4, -0.2) is 4.98 Å². The smallest absolute Gasteiger partial charge is 0.0648 e. The van der Waals surface area contributed by atoms with E-state index >= 15 is 0 Å². The summed E-state index contributed by atoms with van der Waals surface area (Å²) in [5, 5.41) is 2.17. The van der Waals surface area contributed by atoms with Crippen molar-refractivity contribution < 1.29 is 0 Å². The lowest BCUT2D eigenvalue weighted by Gasteiger charge is -2.17. The van der Waals surface area contributed by atoms with E-state index in [2.05, 4.69) is 18.0 Å². The number of aryl methyl sites for hydroxylation is 1. The van der Waals surface area contributed by atoms with Gasteiger partial charge in [0.25, 0.3) is 0 Å². The zero-order chi connectivity index (χ0) is 10.4. The molecule has 15 heavy (non-hydrogen) atoms. The summed E-state index contributed by atoms with van der Waals surface area (Å²) in [6, 6.07) is 6.17. The van der Waals surface area contributed by atoms with E-state index in [4.69, 9.17) is 11.6 Å². The van der Waals surface area contributed by atoms with Crippen LogP contribution >= 0.6 is 11.6 Å². The van der Waals surface area contributed by atoms with E-state index in [0.29, 0.717) is 0 Å². The maximum absolute atomic E-state index is 6.18. The van der Waals surface area contributed by atoms with Crippen molar-refractivity contribution in [3.05, 3.63) is 34.5 Å². The molecule has 1 atom stereocenters. The van der Waals surface area contributed by atoms with Crippen LogP contribution in [0, 0.1) is 5.92 Å². The normalized spacial score (nSPS) is 20.5. The Balaban J connectivity index is 2.29. The van der Waals surface area contributed by atoms with E-state index in [1.165, 1.54) is 35.9 Å². The largest absolute Gasteiger partial charge is 0.357 e. The van der Waals surface area contributed by atoms with Crippen LogP contribution in [0.5, 0.6) is 0 Å². The highest BCUT2D eigenvalue weighted by Crippen LogP contribution is 2.34. The average Bonchev–Trinajstić information content (AvgIpc) is 2.58. The Bertz CT molecular complexity index is 512. The lowest BCUT2D eigenvalue weighted by atomic mass is 9.88. The Labute approximate surface area is 94.4 Å². The standard InChI is InChI=1S/C13H14ClN/c1-8-5-6-12-10(7-8)9-3-2-4-11(14)13(9)15-12/h2-4,8,15H,5-7H2,1H3. The van der Waals surface area contributed by atoms with E-state index in [-0.39, 0.29) is 0 Å². The number of hydrogen-bond acceptors (Lipinski definition) is 0. The Hall–Kier alpha value is -0.950. The van der Waals surface area contributed by atoms with Crippen molar-refractivity contribution in [3.63, 3.8) is 0 Å². The first-order chi connectivity index (χ1) is 7.25. The Morgan fingerprint density at radius 2 is 2.27 bits per heavy atom. The molecule has 0 bridgehead atoms. The Kier molecular flexibility index (Phi) is 2.03. The molecule has 0 amide bonds. The second-order valence-electron chi connectivity index (χ2n) is 4.59. The average molecular weight is 220 g/mol. The van der Waals surface area contributed by atoms with E-state index < -0.39 is 0 Å². The summed E-state index contributed by atoms with van der Waals surface area (Å²) < 4.78 is 0. The minimum atomic E-state index is 0.801. The van der Waals surface area contributed by atoms with E-state index in [1.807, 2.05) is 12.1 Å². The van der Waals surface area contributed by atoms with Gasteiger partial charge < -0.3 is 4.98 Å². The molecular weight excluding hydrogens is 206 g/mol. The molecule has 2 heteroatoms. The topological polar surface area (TPSA) is 15.8 Å². The molecule has 2 aromatic rings. The second kappa shape index (κ2) is 3.28. The molecule has 1 aromatic carbocycles. The Morgan fingerprint density at radius 3 is 3.13 bits per heavy atom. The van der Waals surface area contributed by atoms with Crippen LogP contribution in [0.1, 0.15) is 24.6 Å². The van der Waals surface area contributed by atoms with Gasteiger partial charge in [-0.2, -0.15) is 0 Å². The third-order valence-corrected chi connectivity index (χ3v) is 3.73. The molecule has 1 N–H and O–H groups in total. The molecule has 1 aliphatic rings. The highest BCUT2D eigenvalue weighted by molar-refractivity contribution is 6.35. The summed E-state index contributed by atoms with van der Waals surface area (Å²) in [6.07, 6.45) is 3.65. The number of aromatic nitrogens is 1. The fourth-order valence-electron chi connectivity index (χ4n) is 2.58. The van der Waals surface area contributed by atoms with Crippen LogP contribution in [0.2, 0.25) is 5.02 Å². The van der Waals surface area contributed by atoms with Crippen molar-refractivity contribution >= 4 is 22.5 Å². The summed E-state index contributed by atoms with van der Waals surface area (Å²) >= 11 is 6.18. The maximum Gasteiger partial charge on any atom is 0.0648 e. The van der Waals surface area contributed by atoms with Crippen LogP contribution in [0.25, 0.3) is 10.9 Å². The number of hydrogen-bond donors (Lipinski definition) is 1. The predicted octanol–water partition coefficient (Wildman–Crippen LogP) is 3.95. The number of rotatable bonds is 0. The summed E-state index contributed by atoms with van der Waals surface area (Å²) in [5.74, 6) is 0.801. The third-order valence-electron chi connectivity index (χ3n) is 3.42. The lowest BCUT2D eigenvalue weighted by molar-refractivity contribution is 0.499. The number of nitrogens with one attached hydrogen (secondary N) is 1. The first kappa shape index (κ1) is 9.29. The van der Waals surface area contributed by atoms with Crippen molar-refractivity contribution in [2.45, 2.75) is 26.2 Å². The quantitative estimate of drug-likeness (QED) is 0.691. The molecule has 0 fully saturated rings. The van der Waals surface area contributed by atoms with Crippen molar-refractivity contribution in [1.29, 1.82) is 0 Å². The predicted molar refractivity (Wildman–Crippen MR) is 64.5 cm³/mol. The molecule has 0 saturated carbocycles. The van der Waals surface area contributed by atoms with Gasteiger partial charge in [-0.05, 0) is 36.8 Å². The van der Waals surface area contributed by atoms with Crippen LogP contribution < -0.4 is 0 Å². The van der Waals surface area contributed by atoms with Crippen molar-refractivity contribution in [2.75, 3.05) is 0 Å². The van der Waals surface area contributed by atoms with Gasteiger partial charge in [-0.3, -0.25) is 0 Å². The minimum absolute atomic E-state index is 0.801. The molecule has 1 nitrogen and oxygen atoms in total. The molecular formula is C13H14ClN. The maximum atomic E-state index is 6.18. The molecule has 78 valence electrons. The number of benzene rings is 1. The molecule has 3 rings (SSSR count). The van der Waals surface area contributed by atoms with Crippen LogP contribution in [-0.2, 0) is 12.8 Å². The number of fused-ring (bicyclic) bond motifs is 3. The summed E-state index contributed by atoms with van der Waals surface area (Å²) in [5.41, 5.74) is 4.01. The molecule has 1 aliphatic carbocycles. The van der Waals surface area contributed by atoms with Gasteiger partial charge in [0.05, 0.1) is 10.5 Å². The highest BCUT2D eigenvalue weighted by atomic mass is 35.5. The van der Waals surface area contributed by atoms with Gasteiger partial charge in [0.1, 0.15) is 0 Å². The SMILES string of the molecule is CC1CCc2[nH]c3c(Cl)cccc3c2C1. The molecule has 0 aliphatic heterocycles. The van der Waals surface area contributed by atoms with Gasteiger partial charge in [-0.15, -0.1) is 0 Å². The number of para-hydroxylation sites is 1. The number of aromatic amines is 1.